The summed E-state index contributed by atoms with van der Waals surface area (Å²) in [5.74, 6) is 1.64. The van der Waals surface area contributed by atoms with Crippen LogP contribution in [-0.4, -0.2) is 44.2 Å². The molecule has 1 heterocycles. The molecule has 0 saturated carbocycles. The highest BCUT2D eigenvalue weighted by molar-refractivity contribution is 7.89. The minimum atomic E-state index is -3.08. The Morgan fingerprint density at radius 1 is 1.13 bits per heavy atom. The van der Waals surface area contributed by atoms with E-state index in [1.165, 1.54) is 16.7 Å². The van der Waals surface area contributed by atoms with Crippen molar-refractivity contribution in [2.24, 2.45) is 11.7 Å². The molecule has 170 valence electrons. The van der Waals surface area contributed by atoms with Crippen molar-refractivity contribution in [3.8, 4) is 5.75 Å². The number of benzene rings is 2. The van der Waals surface area contributed by atoms with Gasteiger partial charge in [-0.2, -0.15) is 0 Å². The van der Waals surface area contributed by atoms with Crippen LogP contribution in [0.5, 0.6) is 5.75 Å². The number of nitrogens with zero attached hydrogens (tertiary/aromatic N) is 1. The van der Waals surface area contributed by atoms with Crippen molar-refractivity contribution in [2.75, 3.05) is 25.4 Å². The molecule has 0 spiro atoms. The van der Waals surface area contributed by atoms with Crippen molar-refractivity contribution >= 4 is 22.4 Å². The number of hydrogen-bond donors (Lipinski definition) is 1. The van der Waals surface area contributed by atoms with Crippen LogP contribution in [0.4, 0.5) is 0 Å². The molecule has 2 atom stereocenters. The van der Waals surface area contributed by atoms with Gasteiger partial charge in [-0.25, -0.2) is 12.7 Å². The summed E-state index contributed by atoms with van der Waals surface area (Å²) in [4.78, 5) is 0. The van der Waals surface area contributed by atoms with E-state index >= 15 is 0 Å². The van der Waals surface area contributed by atoms with Gasteiger partial charge in [0.1, 0.15) is 5.75 Å². The molecule has 7 heteroatoms. The quantitative estimate of drug-likeness (QED) is 0.645. The van der Waals surface area contributed by atoms with Gasteiger partial charge >= 0.3 is 0 Å². The average molecular weight is 465 g/mol. The smallest absolute Gasteiger partial charge is 0.214 e. The maximum atomic E-state index is 12.1. The fourth-order valence-corrected chi connectivity index (χ4v) is 6.23. The first-order valence-corrected chi connectivity index (χ1v) is 12.6. The normalized spacial score (nSPS) is 21.6. The van der Waals surface area contributed by atoms with E-state index < -0.39 is 10.0 Å². The third-order valence-electron chi connectivity index (χ3n) is 6.34. The number of hydrogen-bond acceptors (Lipinski definition) is 4. The Morgan fingerprint density at radius 3 is 2.58 bits per heavy atom. The predicted octanol–water partition coefficient (Wildman–Crippen LogP) is 3.76. The van der Waals surface area contributed by atoms with Crippen molar-refractivity contribution < 1.29 is 13.2 Å². The molecule has 1 aliphatic heterocycles. The number of aryl methyl sites for hydroxylation is 1. The number of sulfonamides is 1. The Kier molecular flexibility index (Phi) is 8.03. The Hall–Kier alpha value is -1.60. The molecule has 1 fully saturated rings. The fourth-order valence-electron chi connectivity index (χ4n) is 4.58. The van der Waals surface area contributed by atoms with Crippen LogP contribution in [0.25, 0.3) is 0 Å². The number of halogens is 1. The molecule has 2 aliphatic rings. The van der Waals surface area contributed by atoms with Gasteiger partial charge < -0.3 is 10.5 Å². The lowest BCUT2D eigenvalue weighted by atomic mass is 9.76. The molecule has 0 radical (unpaired) electrons. The summed E-state index contributed by atoms with van der Waals surface area (Å²) in [6.45, 7) is 3.57. The summed E-state index contributed by atoms with van der Waals surface area (Å²) in [6, 6.07) is 17.0. The van der Waals surface area contributed by atoms with Gasteiger partial charge in [0.15, 0.2) is 0 Å². The Morgan fingerprint density at radius 2 is 1.87 bits per heavy atom. The highest BCUT2D eigenvalue weighted by atomic mass is 35.5. The second-order valence-corrected chi connectivity index (χ2v) is 10.8. The number of fused-ring (bicyclic) bond motifs is 1. The highest BCUT2D eigenvalue weighted by Gasteiger charge is 2.35. The van der Waals surface area contributed by atoms with Crippen molar-refractivity contribution in [1.29, 1.82) is 0 Å². The van der Waals surface area contributed by atoms with Crippen LogP contribution in [0.15, 0.2) is 48.5 Å². The van der Waals surface area contributed by atoms with Crippen LogP contribution >= 0.6 is 12.4 Å². The van der Waals surface area contributed by atoms with Gasteiger partial charge in [0.25, 0.3) is 0 Å². The zero-order chi connectivity index (χ0) is 21.1. The molecule has 1 saturated heterocycles. The van der Waals surface area contributed by atoms with Gasteiger partial charge in [0.05, 0.1) is 12.4 Å². The minimum absolute atomic E-state index is 0. The SMILES string of the molecule is CCCS(=O)(=O)N1CC(COc2ccc3c(c2)C(Cc2ccccc2)C(N)CC3)C1.Cl. The maximum absolute atomic E-state index is 12.1. The lowest BCUT2D eigenvalue weighted by Crippen LogP contribution is -2.52. The van der Waals surface area contributed by atoms with Crippen LogP contribution in [0.3, 0.4) is 0 Å². The Labute approximate surface area is 192 Å². The van der Waals surface area contributed by atoms with Crippen LogP contribution in [-0.2, 0) is 22.9 Å². The summed E-state index contributed by atoms with van der Waals surface area (Å²) in [6.07, 6.45) is 3.61. The van der Waals surface area contributed by atoms with E-state index in [9.17, 15) is 8.42 Å². The molecule has 2 aromatic rings. The molecule has 4 rings (SSSR count). The van der Waals surface area contributed by atoms with Crippen molar-refractivity contribution in [3.05, 3.63) is 65.2 Å². The number of nitrogens with two attached hydrogens (primary N) is 1. The molecular formula is C24H33ClN2O3S. The van der Waals surface area contributed by atoms with Gasteiger partial charge in [0.2, 0.25) is 10.0 Å². The van der Waals surface area contributed by atoms with Crippen molar-refractivity contribution in [3.63, 3.8) is 0 Å². The van der Waals surface area contributed by atoms with Crippen LogP contribution in [0.2, 0.25) is 0 Å². The van der Waals surface area contributed by atoms with E-state index in [1.54, 1.807) is 4.31 Å². The van der Waals surface area contributed by atoms with Crippen LogP contribution in [0, 0.1) is 5.92 Å². The summed E-state index contributed by atoms with van der Waals surface area (Å²) in [5, 5.41) is 0. The fraction of sp³-hybridized carbons (Fsp3) is 0.500. The monoisotopic (exact) mass is 464 g/mol. The molecule has 0 aromatic heterocycles. The minimum Gasteiger partial charge on any atom is -0.493 e. The first kappa shape index (κ1) is 24.1. The topological polar surface area (TPSA) is 72.6 Å². The Balaban J connectivity index is 0.00000272. The van der Waals surface area contributed by atoms with E-state index in [0.29, 0.717) is 26.1 Å². The van der Waals surface area contributed by atoms with Gasteiger partial charge in [-0.15, -0.1) is 12.4 Å². The van der Waals surface area contributed by atoms with E-state index in [4.69, 9.17) is 10.5 Å². The van der Waals surface area contributed by atoms with Gasteiger partial charge in [-0.3, -0.25) is 0 Å². The van der Waals surface area contributed by atoms with Crippen LogP contribution in [0.1, 0.15) is 42.4 Å². The van der Waals surface area contributed by atoms with Gasteiger partial charge in [-0.05, 0) is 54.5 Å². The third kappa shape index (κ3) is 5.61. The molecular weight excluding hydrogens is 432 g/mol. The second kappa shape index (κ2) is 10.3. The lowest BCUT2D eigenvalue weighted by Gasteiger charge is -2.38. The van der Waals surface area contributed by atoms with E-state index in [1.807, 2.05) is 19.1 Å². The van der Waals surface area contributed by atoms with Crippen molar-refractivity contribution in [2.45, 2.75) is 44.6 Å². The lowest BCUT2D eigenvalue weighted by molar-refractivity contribution is 0.129. The molecule has 2 aromatic carbocycles. The summed E-state index contributed by atoms with van der Waals surface area (Å²) in [7, 11) is -3.08. The third-order valence-corrected chi connectivity index (χ3v) is 8.35. The first-order valence-electron chi connectivity index (χ1n) is 11.0. The second-order valence-electron chi connectivity index (χ2n) is 8.67. The highest BCUT2D eigenvalue weighted by Crippen LogP contribution is 2.36. The predicted molar refractivity (Wildman–Crippen MR) is 128 cm³/mol. The zero-order valence-electron chi connectivity index (χ0n) is 18.1. The summed E-state index contributed by atoms with van der Waals surface area (Å²) in [5.41, 5.74) is 10.5. The van der Waals surface area contributed by atoms with E-state index in [2.05, 4.69) is 36.4 Å². The van der Waals surface area contributed by atoms with Crippen LogP contribution < -0.4 is 10.5 Å². The standard InChI is InChI=1S/C24H32N2O3S.ClH/c1-2-12-30(27,28)26-15-19(16-26)17-29-21-10-8-20-9-11-24(25)23(22(20)14-21)13-18-6-4-3-5-7-18;/h3-8,10,14,19,23-24H,2,9,11-13,15-17,25H2,1H3;1H. The van der Waals surface area contributed by atoms with E-state index in [0.717, 1.165) is 25.0 Å². The molecule has 31 heavy (non-hydrogen) atoms. The Bertz CT molecular complexity index is 962. The molecule has 0 amide bonds. The van der Waals surface area contributed by atoms with Gasteiger partial charge in [0, 0.05) is 31.0 Å². The molecule has 2 unspecified atom stereocenters. The number of ether oxygens (including phenoxy) is 1. The first-order chi connectivity index (χ1) is 14.5. The van der Waals surface area contributed by atoms with E-state index in [-0.39, 0.29) is 36.0 Å². The number of rotatable bonds is 8. The molecule has 1 aliphatic carbocycles. The molecule has 5 nitrogen and oxygen atoms in total. The maximum Gasteiger partial charge on any atom is 0.214 e. The zero-order valence-corrected chi connectivity index (χ0v) is 19.7. The largest absolute Gasteiger partial charge is 0.493 e. The summed E-state index contributed by atoms with van der Waals surface area (Å²) < 4.78 is 31.8. The molecule has 0 bridgehead atoms. The average Bonchev–Trinajstić information content (AvgIpc) is 2.69. The summed E-state index contributed by atoms with van der Waals surface area (Å²) >= 11 is 0. The molecule has 2 N–H and O–H groups in total. The van der Waals surface area contributed by atoms with Gasteiger partial charge in [-0.1, -0.05) is 43.3 Å². The van der Waals surface area contributed by atoms with Crippen molar-refractivity contribution in [1.82, 2.24) is 4.31 Å².